The third kappa shape index (κ3) is 4.52. The first-order valence-electron chi connectivity index (χ1n) is 9.51. The maximum Gasteiger partial charge on any atom is 0.307 e. The van der Waals surface area contributed by atoms with Crippen LogP contribution in [0.4, 0.5) is 5.69 Å². The smallest absolute Gasteiger partial charge is 0.307 e. The van der Waals surface area contributed by atoms with Gasteiger partial charge in [-0.3, -0.25) is 4.79 Å². The molecule has 4 heteroatoms. The van der Waals surface area contributed by atoms with Crippen LogP contribution in [0.1, 0.15) is 29.0 Å². The van der Waals surface area contributed by atoms with E-state index in [0.29, 0.717) is 13.2 Å². The molecular weight excluding hydrogens is 350 g/mol. The predicted molar refractivity (Wildman–Crippen MR) is 109 cm³/mol. The third-order valence-electron chi connectivity index (χ3n) is 5.09. The Hall–Kier alpha value is -3.27. The zero-order chi connectivity index (χ0) is 19.3. The topological polar surface area (TPSA) is 58.6 Å². The number of ether oxygens (including phenoxy) is 1. The van der Waals surface area contributed by atoms with Gasteiger partial charge in [0, 0.05) is 12.2 Å². The number of carbonyl (C=O) groups is 1. The zero-order valence-electron chi connectivity index (χ0n) is 15.5. The van der Waals surface area contributed by atoms with Crippen molar-refractivity contribution in [3.63, 3.8) is 0 Å². The Morgan fingerprint density at radius 1 is 0.964 bits per heavy atom. The molecule has 2 N–H and O–H groups in total. The molecule has 0 unspecified atom stereocenters. The fourth-order valence-electron chi connectivity index (χ4n) is 3.37. The minimum atomic E-state index is -0.693. The molecule has 4 nitrogen and oxygen atoms in total. The molecule has 0 heterocycles. The van der Waals surface area contributed by atoms with Crippen LogP contribution < -0.4 is 10.1 Å². The lowest BCUT2D eigenvalue weighted by molar-refractivity contribution is -0.138. The molecule has 0 spiro atoms. The summed E-state index contributed by atoms with van der Waals surface area (Å²) in [5.41, 5.74) is 4.41. The van der Waals surface area contributed by atoms with E-state index >= 15 is 0 Å². The summed E-state index contributed by atoms with van der Waals surface area (Å²) in [6, 6.07) is 26.3. The molecule has 0 bridgehead atoms. The minimum Gasteiger partial charge on any atom is -0.489 e. The molecule has 0 aliphatic heterocycles. The normalized spacial score (nSPS) is 17.7. The highest BCUT2D eigenvalue weighted by atomic mass is 16.5. The SMILES string of the molecule is O=C(O)[C@@H]1C[C@H]1c1ccc(NCc2cccc(OCc3ccccc3)c2)cc1. The number of aliphatic carboxylic acids is 1. The van der Waals surface area contributed by atoms with Crippen molar-refractivity contribution in [2.24, 2.45) is 5.92 Å². The molecule has 1 aliphatic rings. The largest absolute Gasteiger partial charge is 0.489 e. The Morgan fingerprint density at radius 2 is 1.71 bits per heavy atom. The molecule has 142 valence electrons. The van der Waals surface area contributed by atoms with Crippen LogP contribution >= 0.6 is 0 Å². The Kier molecular flexibility index (Phi) is 5.29. The molecular formula is C24H23NO3. The Bertz CT molecular complexity index is 938. The molecule has 0 aromatic heterocycles. The molecule has 3 aromatic rings. The maximum absolute atomic E-state index is 11.0. The number of hydrogen-bond donors (Lipinski definition) is 2. The summed E-state index contributed by atoms with van der Waals surface area (Å²) in [6.45, 7) is 1.25. The van der Waals surface area contributed by atoms with E-state index in [1.165, 1.54) is 0 Å². The number of hydrogen-bond acceptors (Lipinski definition) is 3. The van der Waals surface area contributed by atoms with Crippen molar-refractivity contribution in [3.05, 3.63) is 95.6 Å². The number of benzene rings is 3. The second kappa shape index (κ2) is 8.17. The summed E-state index contributed by atoms with van der Waals surface area (Å²) in [6.07, 6.45) is 0.748. The van der Waals surface area contributed by atoms with E-state index in [2.05, 4.69) is 23.5 Å². The minimum absolute atomic E-state index is 0.171. The lowest BCUT2D eigenvalue weighted by Crippen LogP contribution is -2.01. The highest BCUT2D eigenvalue weighted by molar-refractivity contribution is 5.75. The molecule has 0 saturated heterocycles. The van der Waals surface area contributed by atoms with Gasteiger partial charge < -0.3 is 15.2 Å². The van der Waals surface area contributed by atoms with E-state index in [1.807, 2.05) is 60.7 Å². The summed E-state index contributed by atoms with van der Waals surface area (Å²) in [5.74, 6) is 0.121. The van der Waals surface area contributed by atoms with Crippen LogP contribution in [-0.4, -0.2) is 11.1 Å². The van der Waals surface area contributed by atoms with Gasteiger partial charge in [-0.25, -0.2) is 0 Å². The molecule has 0 radical (unpaired) electrons. The van der Waals surface area contributed by atoms with Crippen molar-refractivity contribution in [1.29, 1.82) is 0 Å². The third-order valence-corrected chi connectivity index (χ3v) is 5.09. The summed E-state index contributed by atoms with van der Waals surface area (Å²) in [4.78, 5) is 11.0. The number of rotatable bonds is 8. The molecule has 1 saturated carbocycles. The Labute approximate surface area is 164 Å². The van der Waals surface area contributed by atoms with Crippen molar-refractivity contribution in [2.75, 3.05) is 5.32 Å². The highest BCUT2D eigenvalue weighted by Gasteiger charge is 2.43. The maximum atomic E-state index is 11.0. The van der Waals surface area contributed by atoms with Gasteiger partial charge in [0.2, 0.25) is 0 Å². The molecule has 2 atom stereocenters. The van der Waals surface area contributed by atoms with Crippen LogP contribution in [-0.2, 0) is 17.9 Å². The van der Waals surface area contributed by atoms with E-state index in [0.717, 1.165) is 34.5 Å². The second-order valence-electron chi connectivity index (χ2n) is 7.18. The lowest BCUT2D eigenvalue weighted by Gasteiger charge is -2.10. The Morgan fingerprint density at radius 3 is 2.43 bits per heavy atom. The zero-order valence-corrected chi connectivity index (χ0v) is 15.5. The van der Waals surface area contributed by atoms with Gasteiger partial charge in [-0.1, -0.05) is 54.6 Å². The van der Waals surface area contributed by atoms with Crippen LogP contribution in [0.2, 0.25) is 0 Å². The van der Waals surface area contributed by atoms with Gasteiger partial charge in [0.1, 0.15) is 12.4 Å². The average Bonchev–Trinajstić information content (AvgIpc) is 3.54. The first-order chi connectivity index (χ1) is 13.7. The number of carboxylic acids is 1. The van der Waals surface area contributed by atoms with E-state index < -0.39 is 5.97 Å². The summed E-state index contributed by atoms with van der Waals surface area (Å²) in [7, 11) is 0. The van der Waals surface area contributed by atoms with Crippen LogP contribution in [0, 0.1) is 5.92 Å². The first-order valence-corrected chi connectivity index (χ1v) is 9.51. The van der Waals surface area contributed by atoms with Gasteiger partial charge in [-0.05, 0) is 53.3 Å². The fraction of sp³-hybridized carbons (Fsp3) is 0.208. The van der Waals surface area contributed by atoms with Crippen LogP contribution in [0.5, 0.6) is 5.75 Å². The van der Waals surface area contributed by atoms with Gasteiger partial charge in [0.15, 0.2) is 0 Å². The van der Waals surface area contributed by atoms with Gasteiger partial charge in [-0.15, -0.1) is 0 Å². The standard InChI is InChI=1S/C24H23NO3/c26-24(27)23-14-22(23)19-9-11-20(12-10-19)25-15-18-7-4-8-21(13-18)28-16-17-5-2-1-3-6-17/h1-13,22-23,25H,14-16H2,(H,26,27)/t22-,23+/m0/s1. The van der Waals surface area contributed by atoms with E-state index in [9.17, 15) is 4.79 Å². The summed E-state index contributed by atoms with van der Waals surface area (Å²) >= 11 is 0. The molecule has 0 amide bonds. The van der Waals surface area contributed by atoms with Crippen LogP contribution in [0.3, 0.4) is 0 Å². The van der Waals surface area contributed by atoms with Crippen molar-refractivity contribution < 1.29 is 14.6 Å². The van der Waals surface area contributed by atoms with E-state index in [-0.39, 0.29) is 11.8 Å². The molecule has 3 aromatic carbocycles. The number of nitrogens with one attached hydrogen (secondary N) is 1. The molecule has 1 aliphatic carbocycles. The summed E-state index contributed by atoms with van der Waals surface area (Å²) < 4.78 is 5.89. The molecule has 4 rings (SSSR count). The van der Waals surface area contributed by atoms with Crippen molar-refractivity contribution in [3.8, 4) is 5.75 Å². The number of carboxylic acid groups (broad SMARTS) is 1. The Balaban J connectivity index is 1.30. The molecule has 28 heavy (non-hydrogen) atoms. The lowest BCUT2D eigenvalue weighted by atomic mass is 10.1. The van der Waals surface area contributed by atoms with E-state index in [4.69, 9.17) is 9.84 Å². The van der Waals surface area contributed by atoms with Gasteiger partial charge in [-0.2, -0.15) is 0 Å². The first kappa shape index (κ1) is 18.1. The van der Waals surface area contributed by atoms with Gasteiger partial charge in [0.25, 0.3) is 0 Å². The predicted octanol–water partition coefficient (Wildman–Crippen LogP) is 5.07. The van der Waals surface area contributed by atoms with Crippen molar-refractivity contribution >= 4 is 11.7 Å². The molecule has 1 fully saturated rings. The van der Waals surface area contributed by atoms with Crippen LogP contribution in [0.25, 0.3) is 0 Å². The van der Waals surface area contributed by atoms with Crippen molar-refractivity contribution in [1.82, 2.24) is 0 Å². The fourth-order valence-corrected chi connectivity index (χ4v) is 3.37. The van der Waals surface area contributed by atoms with Gasteiger partial charge in [0.05, 0.1) is 5.92 Å². The van der Waals surface area contributed by atoms with Crippen molar-refractivity contribution in [2.45, 2.75) is 25.5 Å². The van der Waals surface area contributed by atoms with E-state index in [1.54, 1.807) is 0 Å². The quantitative estimate of drug-likeness (QED) is 0.579. The second-order valence-corrected chi connectivity index (χ2v) is 7.18. The van der Waals surface area contributed by atoms with Crippen LogP contribution in [0.15, 0.2) is 78.9 Å². The monoisotopic (exact) mass is 373 g/mol. The highest BCUT2D eigenvalue weighted by Crippen LogP contribution is 2.47. The number of anilines is 1. The summed E-state index contributed by atoms with van der Waals surface area (Å²) in [5, 5.41) is 12.5. The average molecular weight is 373 g/mol. The van der Waals surface area contributed by atoms with Gasteiger partial charge >= 0.3 is 5.97 Å².